The molecule has 0 radical (unpaired) electrons. The van der Waals surface area contributed by atoms with Gasteiger partial charge in [-0.05, 0) is 41.5 Å². The van der Waals surface area contributed by atoms with Gasteiger partial charge in [-0.1, -0.05) is 19.9 Å². The van der Waals surface area contributed by atoms with E-state index in [1.807, 2.05) is 12.4 Å². The average Bonchev–Trinajstić information content (AvgIpc) is 2.49. The minimum absolute atomic E-state index is 0.697. The maximum Gasteiger partial charge on any atom is 0.0273 e. The maximum atomic E-state index is 4.03. The van der Waals surface area contributed by atoms with Crippen molar-refractivity contribution < 1.29 is 0 Å². The van der Waals surface area contributed by atoms with E-state index in [1.54, 1.807) is 0 Å². The first-order valence-corrected chi connectivity index (χ1v) is 4.89. The number of hydrogen-bond acceptors (Lipinski definition) is 1. The zero-order valence-corrected chi connectivity index (χ0v) is 8.20. The Balaban J connectivity index is 2.29. The van der Waals surface area contributed by atoms with Crippen molar-refractivity contribution in [2.45, 2.75) is 20.3 Å². The molecule has 0 saturated carbocycles. The van der Waals surface area contributed by atoms with Crippen molar-refractivity contribution >= 4 is 5.57 Å². The Bertz CT molecular complexity index is 313. The van der Waals surface area contributed by atoms with Crippen LogP contribution in [0, 0.1) is 11.8 Å². The summed E-state index contributed by atoms with van der Waals surface area (Å²) in [6, 6.07) is 4.20. The Labute approximate surface area is 79.5 Å². The molecule has 0 N–H and O–H groups in total. The fraction of sp³-hybridized carbons (Fsp3) is 0.417. The molecule has 0 aliphatic heterocycles. The third-order valence-electron chi connectivity index (χ3n) is 3.07. The average molecular weight is 173 g/mol. The van der Waals surface area contributed by atoms with Crippen molar-refractivity contribution in [3.05, 3.63) is 36.2 Å². The van der Waals surface area contributed by atoms with Gasteiger partial charge >= 0.3 is 0 Å². The summed E-state index contributed by atoms with van der Waals surface area (Å²) in [6.07, 6.45) is 7.32. The molecule has 0 saturated heterocycles. The van der Waals surface area contributed by atoms with Crippen molar-refractivity contribution in [2.24, 2.45) is 11.8 Å². The van der Waals surface area contributed by atoms with E-state index in [0.29, 0.717) is 5.92 Å². The van der Waals surface area contributed by atoms with Crippen LogP contribution in [0.25, 0.3) is 5.57 Å². The molecule has 2 unspecified atom stereocenters. The van der Waals surface area contributed by atoms with Gasteiger partial charge in [0, 0.05) is 12.4 Å². The lowest BCUT2D eigenvalue weighted by atomic mass is 9.91. The molecule has 13 heavy (non-hydrogen) atoms. The summed E-state index contributed by atoms with van der Waals surface area (Å²) in [5.74, 6) is 1.49. The monoisotopic (exact) mass is 173 g/mol. The molecule has 0 amide bonds. The van der Waals surface area contributed by atoms with Crippen LogP contribution in [0.2, 0.25) is 0 Å². The molecular formula is C12H15N. The standard InChI is InChI=1S/C12H15N/c1-9-3-4-12(10(9)2)11-5-7-13-8-6-11/h4-10H,3H2,1-2H3. The van der Waals surface area contributed by atoms with E-state index < -0.39 is 0 Å². The highest BCUT2D eigenvalue weighted by molar-refractivity contribution is 5.68. The molecule has 0 fully saturated rings. The summed E-state index contributed by atoms with van der Waals surface area (Å²) < 4.78 is 0. The molecule has 1 nitrogen and oxygen atoms in total. The van der Waals surface area contributed by atoms with Gasteiger partial charge in [-0.2, -0.15) is 0 Å². The zero-order chi connectivity index (χ0) is 9.26. The summed E-state index contributed by atoms with van der Waals surface area (Å²) in [4.78, 5) is 4.03. The van der Waals surface area contributed by atoms with Crippen LogP contribution in [-0.4, -0.2) is 4.98 Å². The van der Waals surface area contributed by atoms with Crippen LogP contribution in [0.1, 0.15) is 25.8 Å². The Kier molecular flexibility index (Phi) is 2.17. The summed E-state index contributed by atoms with van der Waals surface area (Å²) in [7, 11) is 0. The first-order valence-electron chi connectivity index (χ1n) is 4.89. The number of allylic oxidation sites excluding steroid dienone is 2. The first-order chi connectivity index (χ1) is 6.29. The van der Waals surface area contributed by atoms with E-state index in [-0.39, 0.29) is 0 Å². The van der Waals surface area contributed by atoms with Crippen LogP contribution in [0.15, 0.2) is 30.6 Å². The summed E-state index contributed by atoms with van der Waals surface area (Å²) in [5.41, 5.74) is 2.83. The number of pyridine rings is 1. The minimum atomic E-state index is 0.697. The van der Waals surface area contributed by atoms with Crippen LogP contribution < -0.4 is 0 Å². The quantitative estimate of drug-likeness (QED) is 0.635. The van der Waals surface area contributed by atoms with Crippen molar-refractivity contribution in [3.8, 4) is 0 Å². The summed E-state index contributed by atoms with van der Waals surface area (Å²) >= 11 is 0. The molecule has 2 rings (SSSR count). The minimum Gasteiger partial charge on any atom is -0.265 e. The smallest absolute Gasteiger partial charge is 0.0273 e. The van der Waals surface area contributed by atoms with Crippen LogP contribution in [0.3, 0.4) is 0 Å². The van der Waals surface area contributed by atoms with E-state index in [2.05, 4.69) is 37.0 Å². The number of nitrogens with zero attached hydrogens (tertiary/aromatic N) is 1. The van der Waals surface area contributed by atoms with E-state index >= 15 is 0 Å². The highest BCUT2D eigenvalue weighted by Crippen LogP contribution is 2.37. The van der Waals surface area contributed by atoms with E-state index in [9.17, 15) is 0 Å². The fourth-order valence-corrected chi connectivity index (χ4v) is 1.93. The molecule has 0 bridgehead atoms. The lowest BCUT2D eigenvalue weighted by molar-refractivity contribution is 0.506. The van der Waals surface area contributed by atoms with Crippen molar-refractivity contribution in [1.82, 2.24) is 4.98 Å². The lowest BCUT2D eigenvalue weighted by Gasteiger charge is -2.14. The lowest BCUT2D eigenvalue weighted by Crippen LogP contribution is -2.02. The topological polar surface area (TPSA) is 12.9 Å². The SMILES string of the molecule is CC1CC=C(c2ccncc2)C1C. The largest absolute Gasteiger partial charge is 0.265 e. The van der Waals surface area contributed by atoms with Gasteiger partial charge in [0.2, 0.25) is 0 Å². The fourth-order valence-electron chi connectivity index (χ4n) is 1.93. The number of aromatic nitrogens is 1. The van der Waals surface area contributed by atoms with Gasteiger partial charge in [-0.25, -0.2) is 0 Å². The van der Waals surface area contributed by atoms with Gasteiger partial charge in [0.1, 0.15) is 0 Å². The zero-order valence-electron chi connectivity index (χ0n) is 8.20. The van der Waals surface area contributed by atoms with Crippen LogP contribution >= 0.6 is 0 Å². The molecule has 68 valence electrons. The molecule has 2 atom stereocenters. The summed E-state index contributed by atoms with van der Waals surface area (Å²) in [6.45, 7) is 4.62. The molecule has 0 spiro atoms. The molecule has 1 aliphatic rings. The normalized spacial score (nSPS) is 27.4. The van der Waals surface area contributed by atoms with Crippen LogP contribution in [0.5, 0.6) is 0 Å². The Hall–Kier alpha value is -1.11. The van der Waals surface area contributed by atoms with Gasteiger partial charge in [-0.3, -0.25) is 4.98 Å². The molecule has 1 aromatic heterocycles. The molecular weight excluding hydrogens is 158 g/mol. The van der Waals surface area contributed by atoms with Crippen LogP contribution in [-0.2, 0) is 0 Å². The molecule has 1 aromatic rings. The summed E-state index contributed by atoms with van der Waals surface area (Å²) in [5, 5.41) is 0. The number of rotatable bonds is 1. The predicted octanol–water partition coefficient (Wildman–Crippen LogP) is 3.14. The Morgan fingerprint density at radius 3 is 2.46 bits per heavy atom. The third kappa shape index (κ3) is 1.51. The van der Waals surface area contributed by atoms with Gasteiger partial charge in [-0.15, -0.1) is 0 Å². The Morgan fingerprint density at radius 1 is 1.23 bits per heavy atom. The second kappa shape index (κ2) is 3.33. The number of hydrogen-bond donors (Lipinski definition) is 0. The van der Waals surface area contributed by atoms with Crippen molar-refractivity contribution in [1.29, 1.82) is 0 Å². The first kappa shape index (κ1) is 8.49. The highest BCUT2D eigenvalue weighted by Gasteiger charge is 2.22. The van der Waals surface area contributed by atoms with Gasteiger partial charge in [0.15, 0.2) is 0 Å². The second-order valence-corrected chi connectivity index (χ2v) is 3.90. The Morgan fingerprint density at radius 2 is 1.92 bits per heavy atom. The maximum absolute atomic E-state index is 4.03. The van der Waals surface area contributed by atoms with Crippen molar-refractivity contribution in [2.75, 3.05) is 0 Å². The van der Waals surface area contributed by atoms with Gasteiger partial charge in [0.25, 0.3) is 0 Å². The molecule has 1 heterocycles. The molecule has 1 aliphatic carbocycles. The van der Waals surface area contributed by atoms with E-state index in [1.165, 1.54) is 17.6 Å². The van der Waals surface area contributed by atoms with Gasteiger partial charge in [0.05, 0.1) is 0 Å². The predicted molar refractivity (Wildman–Crippen MR) is 55.2 cm³/mol. The third-order valence-corrected chi connectivity index (χ3v) is 3.07. The molecule has 0 aromatic carbocycles. The van der Waals surface area contributed by atoms with E-state index in [0.717, 1.165) is 5.92 Å². The van der Waals surface area contributed by atoms with Crippen LogP contribution in [0.4, 0.5) is 0 Å². The molecule has 1 heteroatoms. The second-order valence-electron chi connectivity index (χ2n) is 3.90. The van der Waals surface area contributed by atoms with Crippen molar-refractivity contribution in [3.63, 3.8) is 0 Å². The van der Waals surface area contributed by atoms with E-state index in [4.69, 9.17) is 0 Å². The highest BCUT2D eigenvalue weighted by atomic mass is 14.6. The van der Waals surface area contributed by atoms with Gasteiger partial charge < -0.3 is 0 Å².